The fraction of sp³-hybridized carbons (Fsp3) is 0.467. The van der Waals surface area contributed by atoms with E-state index in [9.17, 15) is 9.59 Å². The molecule has 2 N–H and O–H groups in total. The average molecular weight is 276 g/mol. The molecule has 0 aromatic heterocycles. The average Bonchev–Trinajstić information content (AvgIpc) is 2.70. The van der Waals surface area contributed by atoms with Crippen LogP contribution in [0.1, 0.15) is 33.1 Å². The quantitative estimate of drug-likeness (QED) is 0.676. The Morgan fingerprint density at radius 1 is 1.30 bits per heavy atom. The Labute approximate surface area is 118 Å². The van der Waals surface area contributed by atoms with Gasteiger partial charge in [0.05, 0.1) is 18.2 Å². The van der Waals surface area contributed by atoms with Gasteiger partial charge in [0.2, 0.25) is 11.8 Å². The number of benzene rings is 1. The molecule has 1 heterocycles. The van der Waals surface area contributed by atoms with Gasteiger partial charge in [0, 0.05) is 12.1 Å². The van der Waals surface area contributed by atoms with Gasteiger partial charge in [-0.25, -0.2) is 4.90 Å². The van der Waals surface area contributed by atoms with Gasteiger partial charge in [-0.15, -0.1) is 0 Å². The number of ether oxygens (including phenoxy) is 1. The molecule has 2 amide bonds. The van der Waals surface area contributed by atoms with Crippen LogP contribution in [-0.2, 0) is 9.59 Å². The maximum atomic E-state index is 12.7. The predicted molar refractivity (Wildman–Crippen MR) is 77.5 cm³/mol. The number of hydrogen-bond acceptors (Lipinski definition) is 4. The maximum Gasteiger partial charge on any atom is 0.240 e. The van der Waals surface area contributed by atoms with Crippen LogP contribution >= 0.6 is 0 Å². The number of rotatable bonds is 4. The van der Waals surface area contributed by atoms with Crippen molar-refractivity contribution in [3.8, 4) is 5.75 Å². The molecule has 2 rings (SSSR count). The molecule has 0 atom stereocenters. The summed E-state index contributed by atoms with van der Waals surface area (Å²) in [6.07, 6.45) is 1.54. The molecular formula is C15H20N2O3. The van der Waals surface area contributed by atoms with E-state index in [0.717, 1.165) is 0 Å². The number of imide groups is 1. The Morgan fingerprint density at radius 3 is 2.45 bits per heavy atom. The second-order valence-electron chi connectivity index (χ2n) is 5.13. The van der Waals surface area contributed by atoms with Gasteiger partial charge < -0.3 is 10.5 Å². The minimum Gasteiger partial charge on any atom is -0.495 e. The van der Waals surface area contributed by atoms with Crippen molar-refractivity contribution in [2.45, 2.75) is 33.1 Å². The second-order valence-corrected chi connectivity index (χ2v) is 5.13. The molecular weight excluding hydrogens is 256 g/mol. The number of anilines is 2. The summed E-state index contributed by atoms with van der Waals surface area (Å²) in [5.41, 5.74) is 6.11. The molecule has 1 aromatic carbocycles. The summed E-state index contributed by atoms with van der Waals surface area (Å²) in [5.74, 6) is 0.128. The van der Waals surface area contributed by atoms with E-state index in [2.05, 4.69) is 0 Å². The third kappa shape index (κ3) is 2.03. The molecule has 0 radical (unpaired) electrons. The van der Waals surface area contributed by atoms with Gasteiger partial charge in [0.15, 0.2) is 0 Å². The van der Waals surface area contributed by atoms with Gasteiger partial charge in [-0.1, -0.05) is 13.8 Å². The molecule has 1 aliphatic heterocycles. The van der Waals surface area contributed by atoms with Crippen molar-refractivity contribution < 1.29 is 14.3 Å². The zero-order valence-electron chi connectivity index (χ0n) is 12.1. The van der Waals surface area contributed by atoms with Crippen LogP contribution in [0.3, 0.4) is 0 Å². The largest absolute Gasteiger partial charge is 0.495 e. The highest BCUT2D eigenvalue weighted by Crippen LogP contribution is 2.43. The first-order valence-corrected chi connectivity index (χ1v) is 6.80. The third-order valence-corrected chi connectivity index (χ3v) is 4.19. The number of methoxy groups -OCH3 is 1. The summed E-state index contributed by atoms with van der Waals surface area (Å²) in [6.45, 7) is 3.88. The van der Waals surface area contributed by atoms with E-state index >= 15 is 0 Å². The molecule has 0 spiro atoms. The highest BCUT2D eigenvalue weighted by molar-refractivity contribution is 6.23. The molecule has 20 heavy (non-hydrogen) atoms. The zero-order valence-corrected chi connectivity index (χ0v) is 12.1. The Morgan fingerprint density at radius 2 is 1.95 bits per heavy atom. The Hall–Kier alpha value is -2.04. The highest BCUT2D eigenvalue weighted by Gasteiger charge is 2.50. The molecule has 0 bridgehead atoms. The number of carbonyl (C=O) groups is 2. The van der Waals surface area contributed by atoms with Crippen molar-refractivity contribution in [2.24, 2.45) is 5.41 Å². The molecule has 0 saturated carbocycles. The predicted octanol–water partition coefficient (Wildman–Crippen LogP) is 2.35. The van der Waals surface area contributed by atoms with Gasteiger partial charge in [-0.05, 0) is 31.0 Å². The van der Waals surface area contributed by atoms with E-state index in [1.54, 1.807) is 18.2 Å². The third-order valence-electron chi connectivity index (χ3n) is 4.19. The van der Waals surface area contributed by atoms with Crippen LogP contribution in [0, 0.1) is 5.41 Å². The molecule has 1 saturated heterocycles. The fourth-order valence-corrected chi connectivity index (χ4v) is 2.72. The van der Waals surface area contributed by atoms with Crippen LogP contribution in [0.4, 0.5) is 11.4 Å². The van der Waals surface area contributed by atoms with Crippen molar-refractivity contribution in [2.75, 3.05) is 17.7 Å². The highest BCUT2D eigenvalue weighted by atomic mass is 16.5. The van der Waals surface area contributed by atoms with Gasteiger partial charge in [0.1, 0.15) is 5.75 Å². The van der Waals surface area contributed by atoms with Crippen molar-refractivity contribution in [3.63, 3.8) is 0 Å². The monoisotopic (exact) mass is 276 g/mol. The summed E-state index contributed by atoms with van der Waals surface area (Å²) in [7, 11) is 1.51. The molecule has 5 heteroatoms. The number of nitrogens with zero attached hydrogens (tertiary/aromatic N) is 1. The fourth-order valence-electron chi connectivity index (χ4n) is 2.72. The van der Waals surface area contributed by atoms with Crippen molar-refractivity contribution in [1.29, 1.82) is 0 Å². The van der Waals surface area contributed by atoms with Crippen LogP contribution in [0.25, 0.3) is 0 Å². The summed E-state index contributed by atoms with van der Waals surface area (Å²) in [5, 5.41) is 0. The molecule has 1 aromatic rings. The lowest BCUT2D eigenvalue weighted by molar-refractivity contribution is -0.126. The standard InChI is InChI=1S/C15H20N2O3/c1-4-15(5-2)9-13(18)17(14(15)19)11-8-10(16)6-7-12(11)20-3/h6-8H,4-5,9,16H2,1-3H3. The Bertz CT molecular complexity index is 550. The summed E-state index contributed by atoms with van der Waals surface area (Å²) in [4.78, 5) is 26.2. The lowest BCUT2D eigenvalue weighted by Gasteiger charge is -2.24. The zero-order chi connectivity index (χ0) is 14.9. The molecule has 108 valence electrons. The summed E-state index contributed by atoms with van der Waals surface area (Å²) < 4.78 is 5.24. The number of nitrogen functional groups attached to an aromatic ring is 1. The normalized spacial score (nSPS) is 17.6. The molecule has 0 unspecified atom stereocenters. The Kier molecular flexibility index (Phi) is 3.70. The van der Waals surface area contributed by atoms with Crippen LogP contribution in [-0.4, -0.2) is 18.9 Å². The van der Waals surface area contributed by atoms with E-state index in [1.807, 2.05) is 13.8 Å². The van der Waals surface area contributed by atoms with E-state index in [-0.39, 0.29) is 18.2 Å². The minimum atomic E-state index is -0.591. The first-order valence-electron chi connectivity index (χ1n) is 6.80. The van der Waals surface area contributed by atoms with Gasteiger partial charge in [-0.2, -0.15) is 0 Å². The second kappa shape index (κ2) is 5.15. The van der Waals surface area contributed by atoms with Crippen LogP contribution in [0.15, 0.2) is 18.2 Å². The number of amides is 2. The van der Waals surface area contributed by atoms with Crippen LogP contribution in [0.2, 0.25) is 0 Å². The lowest BCUT2D eigenvalue weighted by Crippen LogP contribution is -2.35. The Balaban J connectivity index is 2.51. The van der Waals surface area contributed by atoms with E-state index in [4.69, 9.17) is 10.5 Å². The van der Waals surface area contributed by atoms with E-state index in [0.29, 0.717) is 30.0 Å². The molecule has 1 aliphatic rings. The first-order chi connectivity index (χ1) is 9.49. The van der Waals surface area contributed by atoms with Crippen molar-refractivity contribution in [3.05, 3.63) is 18.2 Å². The lowest BCUT2D eigenvalue weighted by atomic mass is 9.81. The molecule has 1 fully saturated rings. The van der Waals surface area contributed by atoms with Gasteiger partial charge >= 0.3 is 0 Å². The van der Waals surface area contributed by atoms with Crippen LogP contribution < -0.4 is 15.4 Å². The van der Waals surface area contributed by atoms with Crippen molar-refractivity contribution in [1.82, 2.24) is 0 Å². The molecule has 5 nitrogen and oxygen atoms in total. The molecule has 0 aliphatic carbocycles. The van der Waals surface area contributed by atoms with Gasteiger partial charge in [0.25, 0.3) is 0 Å². The minimum absolute atomic E-state index is 0.156. The van der Waals surface area contributed by atoms with Crippen LogP contribution in [0.5, 0.6) is 5.75 Å². The SMILES string of the molecule is CCC1(CC)CC(=O)N(c2cc(N)ccc2OC)C1=O. The number of nitrogens with two attached hydrogens (primary N) is 1. The summed E-state index contributed by atoms with van der Waals surface area (Å²) in [6, 6.07) is 4.96. The van der Waals surface area contributed by atoms with Crippen molar-refractivity contribution >= 4 is 23.2 Å². The van der Waals surface area contributed by atoms with E-state index < -0.39 is 5.41 Å². The smallest absolute Gasteiger partial charge is 0.240 e. The maximum absolute atomic E-state index is 12.7. The summed E-state index contributed by atoms with van der Waals surface area (Å²) >= 11 is 0. The van der Waals surface area contributed by atoms with Gasteiger partial charge in [-0.3, -0.25) is 9.59 Å². The topological polar surface area (TPSA) is 72.6 Å². The number of carbonyl (C=O) groups excluding carboxylic acids is 2. The first kappa shape index (κ1) is 14.4. The van der Waals surface area contributed by atoms with E-state index in [1.165, 1.54) is 12.0 Å². The number of hydrogen-bond donors (Lipinski definition) is 1.